The molecule has 2 N–H and O–H groups in total. The molecule has 21 heavy (non-hydrogen) atoms. The van der Waals surface area contributed by atoms with Gasteiger partial charge in [-0.25, -0.2) is 0 Å². The Balaban J connectivity index is 1.92. The molecule has 1 aromatic carbocycles. The Morgan fingerprint density at radius 3 is 2.29 bits per heavy atom. The van der Waals surface area contributed by atoms with Crippen molar-refractivity contribution in [2.45, 2.75) is 20.4 Å². The predicted molar refractivity (Wildman–Crippen MR) is 84.7 cm³/mol. The summed E-state index contributed by atoms with van der Waals surface area (Å²) >= 11 is 1.48. The summed E-state index contributed by atoms with van der Waals surface area (Å²) in [5.41, 5.74) is 1.59. The smallest absolute Gasteiger partial charge is 0.261 e. The summed E-state index contributed by atoms with van der Waals surface area (Å²) in [5, 5.41) is 5.62. The molecule has 2 aromatic rings. The Kier molecular flexibility index (Phi) is 5.11. The number of amides is 2. The first kappa shape index (κ1) is 15.3. The summed E-state index contributed by atoms with van der Waals surface area (Å²) in [6.07, 6.45) is 0. The molecule has 0 bridgehead atoms. The molecule has 0 spiro atoms. The van der Waals surface area contributed by atoms with Crippen LogP contribution in [0.15, 0.2) is 36.4 Å². The van der Waals surface area contributed by atoms with Crippen molar-refractivity contribution in [1.82, 2.24) is 10.6 Å². The van der Waals surface area contributed by atoms with Gasteiger partial charge in [-0.1, -0.05) is 12.1 Å². The number of carbonyl (C=O) groups is 2. The molecule has 2 amide bonds. The van der Waals surface area contributed by atoms with E-state index in [0.29, 0.717) is 23.5 Å². The molecule has 0 radical (unpaired) electrons. The first-order valence-corrected chi connectivity index (χ1v) is 7.63. The summed E-state index contributed by atoms with van der Waals surface area (Å²) in [4.78, 5) is 25.4. The molecule has 1 heterocycles. The minimum atomic E-state index is -0.0813. The average Bonchev–Trinajstić information content (AvgIpc) is 2.92. The van der Waals surface area contributed by atoms with E-state index in [-0.39, 0.29) is 11.8 Å². The lowest BCUT2D eigenvalue weighted by Crippen LogP contribution is -2.23. The number of hydrogen-bond acceptors (Lipinski definition) is 3. The van der Waals surface area contributed by atoms with Crippen LogP contribution < -0.4 is 10.6 Å². The van der Waals surface area contributed by atoms with E-state index in [1.54, 1.807) is 12.1 Å². The van der Waals surface area contributed by atoms with Crippen LogP contribution in [0.4, 0.5) is 0 Å². The van der Waals surface area contributed by atoms with Gasteiger partial charge in [0.05, 0.1) is 4.88 Å². The molecule has 4 nitrogen and oxygen atoms in total. The Hall–Kier alpha value is -2.14. The van der Waals surface area contributed by atoms with Crippen LogP contribution in [0.25, 0.3) is 0 Å². The minimum Gasteiger partial charge on any atom is -0.352 e. The number of thiophene rings is 1. The molecule has 0 atom stereocenters. The third-order valence-electron chi connectivity index (χ3n) is 2.97. The van der Waals surface area contributed by atoms with Gasteiger partial charge in [-0.2, -0.15) is 0 Å². The first-order chi connectivity index (χ1) is 10.1. The quantitative estimate of drug-likeness (QED) is 0.892. The highest BCUT2D eigenvalue weighted by Gasteiger charge is 2.08. The van der Waals surface area contributed by atoms with Crippen LogP contribution in [0.2, 0.25) is 0 Å². The number of nitrogens with one attached hydrogen (secondary N) is 2. The zero-order valence-corrected chi connectivity index (χ0v) is 12.9. The maximum atomic E-state index is 11.9. The van der Waals surface area contributed by atoms with Gasteiger partial charge < -0.3 is 10.6 Å². The van der Waals surface area contributed by atoms with Crippen molar-refractivity contribution in [2.75, 3.05) is 6.54 Å². The second kappa shape index (κ2) is 7.04. The van der Waals surface area contributed by atoms with Crippen molar-refractivity contribution < 1.29 is 9.59 Å². The Morgan fingerprint density at radius 1 is 1.00 bits per heavy atom. The molecular formula is C16H18N2O2S. The van der Waals surface area contributed by atoms with Crippen molar-refractivity contribution in [3.05, 3.63) is 57.3 Å². The zero-order chi connectivity index (χ0) is 15.2. The lowest BCUT2D eigenvalue weighted by Gasteiger charge is -2.06. The Bertz CT molecular complexity index is 632. The predicted octanol–water partition coefficient (Wildman–Crippen LogP) is 2.74. The molecular weight excluding hydrogens is 284 g/mol. The second-order valence-electron chi connectivity index (χ2n) is 4.65. The van der Waals surface area contributed by atoms with E-state index < -0.39 is 0 Å². The van der Waals surface area contributed by atoms with Gasteiger partial charge in [-0.3, -0.25) is 9.59 Å². The van der Waals surface area contributed by atoms with Crippen LogP contribution >= 0.6 is 11.3 Å². The van der Waals surface area contributed by atoms with Crippen molar-refractivity contribution in [3.63, 3.8) is 0 Å². The van der Waals surface area contributed by atoms with Gasteiger partial charge in [0.2, 0.25) is 0 Å². The lowest BCUT2D eigenvalue weighted by atomic mass is 10.1. The van der Waals surface area contributed by atoms with E-state index in [1.807, 2.05) is 38.1 Å². The van der Waals surface area contributed by atoms with Gasteiger partial charge in [0.1, 0.15) is 0 Å². The summed E-state index contributed by atoms with van der Waals surface area (Å²) in [6.45, 7) is 4.91. The van der Waals surface area contributed by atoms with Gasteiger partial charge in [-0.05, 0) is 43.7 Å². The fraction of sp³-hybridized carbons (Fsp3) is 0.250. The number of benzene rings is 1. The van der Waals surface area contributed by atoms with E-state index in [0.717, 1.165) is 10.4 Å². The van der Waals surface area contributed by atoms with Crippen molar-refractivity contribution in [1.29, 1.82) is 0 Å². The number of aryl methyl sites for hydroxylation is 1. The molecule has 2 rings (SSSR count). The van der Waals surface area contributed by atoms with Crippen LogP contribution in [0.5, 0.6) is 0 Å². The Labute approximate surface area is 128 Å². The fourth-order valence-corrected chi connectivity index (χ4v) is 2.65. The number of rotatable bonds is 5. The van der Waals surface area contributed by atoms with Gasteiger partial charge in [-0.15, -0.1) is 11.3 Å². The third kappa shape index (κ3) is 4.16. The molecule has 1 aromatic heterocycles. The largest absolute Gasteiger partial charge is 0.352 e. The van der Waals surface area contributed by atoms with Crippen molar-refractivity contribution in [2.24, 2.45) is 0 Å². The Morgan fingerprint density at radius 2 is 1.71 bits per heavy atom. The highest BCUT2D eigenvalue weighted by molar-refractivity contribution is 7.13. The summed E-state index contributed by atoms with van der Waals surface area (Å²) in [6, 6.07) is 11.0. The lowest BCUT2D eigenvalue weighted by molar-refractivity contribution is 0.0946. The van der Waals surface area contributed by atoms with Crippen LogP contribution in [0.3, 0.4) is 0 Å². The van der Waals surface area contributed by atoms with Gasteiger partial charge >= 0.3 is 0 Å². The van der Waals surface area contributed by atoms with E-state index in [2.05, 4.69) is 10.6 Å². The first-order valence-electron chi connectivity index (χ1n) is 6.82. The maximum absolute atomic E-state index is 11.9. The van der Waals surface area contributed by atoms with Crippen LogP contribution in [0.1, 0.15) is 37.4 Å². The highest BCUT2D eigenvalue weighted by Crippen LogP contribution is 2.14. The van der Waals surface area contributed by atoms with Crippen LogP contribution in [0, 0.1) is 6.92 Å². The van der Waals surface area contributed by atoms with E-state index >= 15 is 0 Å². The van der Waals surface area contributed by atoms with Crippen molar-refractivity contribution >= 4 is 23.2 Å². The molecule has 0 aliphatic carbocycles. The van der Waals surface area contributed by atoms with Crippen molar-refractivity contribution in [3.8, 4) is 0 Å². The molecule has 0 fully saturated rings. The molecule has 0 unspecified atom stereocenters. The summed E-state index contributed by atoms with van der Waals surface area (Å²) in [5.74, 6) is -0.150. The summed E-state index contributed by atoms with van der Waals surface area (Å²) in [7, 11) is 0. The standard InChI is InChI=1S/C16H18N2O2S/c1-3-17-15(19)13-7-5-12(6-8-13)10-18-16(20)14-9-4-11(2)21-14/h4-9H,3,10H2,1-2H3,(H,17,19)(H,18,20). The zero-order valence-electron chi connectivity index (χ0n) is 12.1. The molecule has 0 aliphatic heterocycles. The number of carbonyl (C=O) groups excluding carboxylic acids is 2. The van der Waals surface area contributed by atoms with Gasteiger partial charge in [0, 0.05) is 23.5 Å². The second-order valence-corrected chi connectivity index (χ2v) is 5.94. The SMILES string of the molecule is CCNC(=O)c1ccc(CNC(=O)c2ccc(C)s2)cc1. The monoisotopic (exact) mass is 302 g/mol. The van der Waals surface area contributed by atoms with E-state index in [4.69, 9.17) is 0 Å². The van der Waals surface area contributed by atoms with E-state index in [9.17, 15) is 9.59 Å². The highest BCUT2D eigenvalue weighted by atomic mass is 32.1. The molecule has 0 saturated heterocycles. The normalized spacial score (nSPS) is 10.2. The molecule has 110 valence electrons. The summed E-state index contributed by atoms with van der Waals surface area (Å²) < 4.78 is 0. The fourth-order valence-electron chi connectivity index (χ4n) is 1.86. The van der Waals surface area contributed by atoms with E-state index in [1.165, 1.54) is 11.3 Å². The minimum absolute atomic E-state index is 0.0686. The van der Waals surface area contributed by atoms with Crippen LogP contribution in [-0.2, 0) is 6.54 Å². The van der Waals surface area contributed by atoms with Gasteiger partial charge in [0.15, 0.2) is 0 Å². The molecule has 0 saturated carbocycles. The topological polar surface area (TPSA) is 58.2 Å². The molecule has 0 aliphatic rings. The third-order valence-corrected chi connectivity index (χ3v) is 3.97. The van der Waals surface area contributed by atoms with Crippen LogP contribution in [-0.4, -0.2) is 18.4 Å². The maximum Gasteiger partial charge on any atom is 0.261 e. The number of hydrogen-bond donors (Lipinski definition) is 2. The van der Waals surface area contributed by atoms with Gasteiger partial charge in [0.25, 0.3) is 11.8 Å². The average molecular weight is 302 g/mol. The molecule has 5 heteroatoms.